The van der Waals surface area contributed by atoms with Crippen LogP contribution in [-0.4, -0.2) is 39.5 Å². The van der Waals surface area contributed by atoms with Gasteiger partial charge in [0, 0.05) is 6.04 Å². The van der Waals surface area contributed by atoms with Gasteiger partial charge in [0.2, 0.25) is 10.0 Å². The Morgan fingerprint density at radius 1 is 1.28 bits per heavy atom. The maximum Gasteiger partial charge on any atom is 0.341 e. The molecule has 138 valence electrons. The molecule has 9 heteroatoms. The van der Waals surface area contributed by atoms with E-state index in [4.69, 9.17) is 4.74 Å². The van der Waals surface area contributed by atoms with E-state index < -0.39 is 39.4 Å². The first kappa shape index (κ1) is 19.3. The lowest BCUT2D eigenvalue weighted by atomic mass is 10.2. The summed E-state index contributed by atoms with van der Waals surface area (Å²) < 4.78 is 44.5. The third-order valence-electron chi connectivity index (χ3n) is 4.09. The quantitative estimate of drug-likeness (QED) is 0.734. The summed E-state index contributed by atoms with van der Waals surface area (Å²) in [6.45, 7) is 1.38. The van der Waals surface area contributed by atoms with Crippen LogP contribution in [0.4, 0.5) is 4.39 Å². The number of carbonyl (C=O) groups is 2. The summed E-state index contributed by atoms with van der Waals surface area (Å²) in [5, 5.41) is 2.78. The van der Waals surface area contributed by atoms with E-state index in [9.17, 15) is 22.4 Å². The fourth-order valence-electron chi connectivity index (χ4n) is 2.61. The van der Waals surface area contributed by atoms with Crippen LogP contribution in [0.2, 0.25) is 0 Å². The molecule has 0 heterocycles. The van der Waals surface area contributed by atoms with E-state index in [1.54, 1.807) is 0 Å². The molecule has 1 aliphatic rings. The Bertz CT molecular complexity index is 760. The van der Waals surface area contributed by atoms with Crippen molar-refractivity contribution in [3.8, 4) is 0 Å². The third kappa shape index (κ3) is 4.76. The minimum absolute atomic E-state index is 0.0643. The molecule has 1 aromatic carbocycles. The highest BCUT2D eigenvalue weighted by Gasteiger charge is 2.25. The molecule has 1 aromatic rings. The van der Waals surface area contributed by atoms with Crippen LogP contribution in [-0.2, 0) is 19.6 Å². The summed E-state index contributed by atoms with van der Waals surface area (Å²) in [7, 11) is -2.63. The predicted octanol–water partition coefficient (Wildman–Crippen LogP) is 1.34. The summed E-state index contributed by atoms with van der Waals surface area (Å²) in [5.41, 5.74) is -0.545. The minimum Gasteiger partial charge on any atom is -0.449 e. The summed E-state index contributed by atoms with van der Waals surface area (Å²) in [6, 6.07) is 2.85. The smallest absolute Gasteiger partial charge is 0.341 e. The molecule has 1 atom stereocenters. The monoisotopic (exact) mass is 372 g/mol. The van der Waals surface area contributed by atoms with Gasteiger partial charge < -0.3 is 10.1 Å². The van der Waals surface area contributed by atoms with Gasteiger partial charge in [-0.2, -0.15) is 0 Å². The van der Waals surface area contributed by atoms with E-state index in [-0.39, 0.29) is 10.9 Å². The van der Waals surface area contributed by atoms with Gasteiger partial charge in [-0.15, -0.1) is 0 Å². The average Bonchev–Trinajstić information content (AvgIpc) is 3.07. The SMILES string of the molecule is CNS(=O)(=O)c1ccc(F)c(C(=O)O[C@@H](C)C(=O)NC2CCCC2)c1. The lowest BCUT2D eigenvalue weighted by molar-refractivity contribution is -0.129. The second-order valence-corrected chi connectivity index (χ2v) is 7.77. The van der Waals surface area contributed by atoms with Crippen molar-refractivity contribution in [3.05, 3.63) is 29.6 Å². The van der Waals surface area contributed by atoms with Gasteiger partial charge in [0.05, 0.1) is 10.5 Å². The van der Waals surface area contributed by atoms with Crippen molar-refractivity contribution in [1.82, 2.24) is 10.0 Å². The molecule has 2 N–H and O–H groups in total. The van der Waals surface area contributed by atoms with Crippen molar-refractivity contribution in [1.29, 1.82) is 0 Å². The lowest BCUT2D eigenvalue weighted by Crippen LogP contribution is -2.41. The lowest BCUT2D eigenvalue weighted by Gasteiger charge is -2.17. The zero-order valence-corrected chi connectivity index (χ0v) is 14.9. The van der Waals surface area contributed by atoms with Crippen LogP contribution in [0, 0.1) is 5.82 Å². The largest absolute Gasteiger partial charge is 0.449 e. The van der Waals surface area contributed by atoms with Crippen LogP contribution < -0.4 is 10.0 Å². The molecule has 7 nitrogen and oxygen atoms in total. The molecule has 0 radical (unpaired) electrons. The number of benzene rings is 1. The molecular formula is C16H21FN2O5S. The third-order valence-corrected chi connectivity index (χ3v) is 5.50. The number of nitrogens with one attached hydrogen (secondary N) is 2. The maximum absolute atomic E-state index is 13.9. The van der Waals surface area contributed by atoms with E-state index in [0.717, 1.165) is 43.9 Å². The van der Waals surface area contributed by atoms with Crippen LogP contribution >= 0.6 is 0 Å². The Hall–Kier alpha value is -2.00. The number of hydrogen-bond donors (Lipinski definition) is 2. The molecule has 1 aliphatic carbocycles. The van der Waals surface area contributed by atoms with Gasteiger partial charge in [-0.05, 0) is 45.0 Å². The molecule has 2 rings (SSSR count). The highest BCUT2D eigenvalue weighted by molar-refractivity contribution is 7.89. The van der Waals surface area contributed by atoms with E-state index in [0.29, 0.717) is 0 Å². The van der Waals surface area contributed by atoms with Gasteiger partial charge in [-0.25, -0.2) is 22.3 Å². The number of halogens is 1. The second-order valence-electron chi connectivity index (χ2n) is 5.89. The van der Waals surface area contributed by atoms with Gasteiger partial charge >= 0.3 is 5.97 Å². The Balaban J connectivity index is 2.09. The zero-order valence-electron chi connectivity index (χ0n) is 14.0. The van der Waals surface area contributed by atoms with Crippen molar-refractivity contribution in [3.63, 3.8) is 0 Å². The predicted molar refractivity (Wildman–Crippen MR) is 87.9 cm³/mol. The Morgan fingerprint density at radius 3 is 2.52 bits per heavy atom. The van der Waals surface area contributed by atoms with Crippen LogP contribution in [0.25, 0.3) is 0 Å². The highest BCUT2D eigenvalue weighted by atomic mass is 32.2. The molecule has 25 heavy (non-hydrogen) atoms. The van der Waals surface area contributed by atoms with Crippen molar-refractivity contribution in [2.24, 2.45) is 0 Å². The van der Waals surface area contributed by atoms with E-state index in [1.807, 2.05) is 0 Å². The molecule has 0 bridgehead atoms. The molecular weight excluding hydrogens is 351 g/mol. The van der Waals surface area contributed by atoms with Crippen molar-refractivity contribution < 1.29 is 27.1 Å². The number of carbonyl (C=O) groups excluding carboxylic acids is 2. The van der Waals surface area contributed by atoms with Gasteiger partial charge in [0.1, 0.15) is 5.82 Å². The van der Waals surface area contributed by atoms with E-state index >= 15 is 0 Å². The number of hydrogen-bond acceptors (Lipinski definition) is 5. The topological polar surface area (TPSA) is 102 Å². The number of sulfonamides is 1. The van der Waals surface area contributed by atoms with Gasteiger partial charge in [0.25, 0.3) is 5.91 Å². The van der Waals surface area contributed by atoms with Crippen molar-refractivity contribution in [2.75, 3.05) is 7.05 Å². The number of esters is 1. The summed E-state index contributed by atoms with van der Waals surface area (Å²) >= 11 is 0. The van der Waals surface area contributed by atoms with Crippen molar-refractivity contribution >= 4 is 21.9 Å². The molecule has 1 amide bonds. The molecule has 0 saturated heterocycles. The molecule has 1 fully saturated rings. The fourth-order valence-corrected chi connectivity index (χ4v) is 3.37. The maximum atomic E-state index is 13.9. The van der Waals surface area contributed by atoms with Crippen LogP contribution in [0.5, 0.6) is 0 Å². The molecule has 0 unspecified atom stereocenters. The molecule has 1 saturated carbocycles. The fraction of sp³-hybridized carbons (Fsp3) is 0.500. The van der Waals surface area contributed by atoms with Gasteiger partial charge in [-0.1, -0.05) is 12.8 Å². The van der Waals surface area contributed by atoms with E-state index in [1.165, 1.54) is 14.0 Å². The Kier molecular flexibility index (Phi) is 6.12. The summed E-state index contributed by atoms with van der Waals surface area (Å²) in [5.74, 6) is -2.48. The summed E-state index contributed by atoms with van der Waals surface area (Å²) in [4.78, 5) is 23.9. The van der Waals surface area contributed by atoms with E-state index in [2.05, 4.69) is 10.0 Å². The normalized spacial score (nSPS) is 16.4. The first-order valence-corrected chi connectivity index (χ1v) is 9.47. The van der Waals surface area contributed by atoms with Crippen LogP contribution in [0.3, 0.4) is 0 Å². The number of amides is 1. The highest BCUT2D eigenvalue weighted by Crippen LogP contribution is 2.19. The van der Waals surface area contributed by atoms with Crippen LogP contribution in [0.15, 0.2) is 23.1 Å². The average molecular weight is 372 g/mol. The van der Waals surface area contributed by atoms with Crippen LogP contribution in [0.1, 0.15) is 43.0 Å². The number of rotatable bonds is 6. The first-order chi connectivity index (χ1) is 11.7. The Labute approximate surface area is 146 Å². The Morgan fingerprint density at radius 2 is 1.92 bits per heavy atom. The summed E-state index contributed by atoms with van der Waals surface area (Å²) in [6.07, 6.45) is 2.72. The van der Waals surface area contributed by atoms with Gasteiger partial charge in [0.15, 0.2) is 6.10 Å². The van der Waals surface area contributed by atoms with Gasteiger partial charge in [-0.3, -0.25) is 4.79 Å². The zero-order chi connectivity index (χ0) is 18.6. The second kappa shape index (κ2) is 7.92. The molecule has 0 spiro atoms. The standard InChI is InChI=1S/C16H21FN2O5S/c1-10(15(20)19-11-5-3-4-6-11)24-16(21)13-9-12(7-8-14(13)17)25(22,23)18-2/h7-11,18H,3-6H2,1-2H3,(H,19,20)/t10-/m0/s1. The molecule has 0 aliphatic heterocycles. The number of ether oxygens (including phenoxy) is 1. The minimum atomic E-state index is -3.84. The molecule has 0 aromatic heterocycles. The van der Waals surface area contributed by atoms with Crippen molar-refractivity contribution in [2.45, 2.75) is 49.6 Å². The first-order valence-electron chi connectivity index (χ1n) is 7.99.